The van der Waals surface area contributed by atoms with Crippen molar-refractivity contribution < 1.29 is 13.2 Å². The molecule has 1 aromatic heterocycles. The predicted octanol–water partition coefficient (Wildman–Crippen LogP) is 3.14. The highest BCUT2D eigenvalue weighted by molar-refractivity contribution is 7.89. The maximum Gasteiger partial charge on any atom is 0.243 e. The first-order chi connectivity index (χ1) is 13.9. The molecule has 2 aromatic carbocycles. The first kappa shape index (κ1) is 19.9. The average molecular weight is 432 g/mol. The van der Waals surface area contributed by atoms with Crippen molar-refractivity contribution in [2.45, 2.75) is 18.4 Å². The van der Waals surface area contributed by atoms with Crippen molar-refractivity contribution in [1.29, 1.82) is 0 Å². The van der Waals surface area contributed by atoms with Crippen molar-refractivity contribution in [3.63, 3.8) is 0 Å². The highest BCUT2D eigenvalue weighted by Gasteiger charge is 2.30. The molecule has 0 spiro atoms. The summed E-state index contributed by atoms with van der Waals surface area (Å²) in [6, 6.07) is 16.3. The number of aryl methyl sites for hydroxylation is 1. The molecule has 1 saturated heterocycles. The SMILES string of the molecule is Cc1cc2ccccc2n1CC(=O)N1CCN(S(=O)(=O)c2cccc(Cl)c2)CC1. The third-order valence-electron chi connectivity index (χ3n) is 5.34. The Morgan fingerprint density at radius 1 is 1.00 bits per heavy atom. The van der Waals surface area contributed by atoms with E-state index in [0.29, 0.717) is 18.1 Å². The van der Waals surface area contributed by atoms with E-state index < -0.39 is 10.0 Å². The van der Waals surface area contributed by atoms with E-state index in [1.807, 2.05) is 35.8 Å². The summed E-state index contributed by atoms with van der Waals surface area (Å²) < 4.78 is 29.1. The maximum absolute atomic E-state index is 12.9. The molecule has 1 fully saturated rings. The standard InChI is InChI=1S/C21H22ClN3O3S/c1-16-13-17-5-2-3-8-20(17)25(16)15-21(26)23-9-11-24(12-10-23)29(27,28)19-7-4-6-18(22)14-19/h2-8,13-14H,9-12,15H2,1H3. The van der Waals surface area contributed by atoms with Crippen LogP contribution in [0.25, 0.3) is 10.9 Å². The first-order valence-electron chi connectivity index (χ1n) is 9.44. The van der Waals surface area contributed by atoms with E-state index >= 15 is 0 Å². The molecule has 0 bridgehead atoms. The number of aromatic nitrogens is 1. The van der Waals surface area contributed by atoms with Crippen LogP contribution in [0.15, 0.2) is 59.5 Å². The second kappa shape index (κ2) is 7.82. The van der Waals surface area contributed by atoms with Gasteiger partial charge in [0.2, 0.25) is 15.9 Å². The minimum Gasteiger partial charge on any atom is -0.339 e. The van der Waals surface area contributed by atoms with E-state index in [-0.39, 0.29) is 30.4 Å². The van der Waals surface area contributed by atoms with E-state index in [1.54, 1.807) is 23.1 Å². The number of amides is 1. The average Bonchev–Trinajstić information content (AvgIpc) is 3.03. The lowest BCUT2D eigenvalue weighted by molar-refractivity contribution is -0.132. The largest absolute Gasteiger partial charge is 0.339 e. The van der Waals surface area contributed by atoms with Gasteiger partial charge in [0.1, 0.15) is 6.54 Å². The number of nitrogens with zero attached hydrogens (tertiary/aromatic N) is 3. The van der Waals surface area contributed by atoms with Gasteiger partial charge in [-0.05, 0) is 42.6 Å². The summed E-state index contributed by atoms with van der Waals surface area (Å²) in [5.41, 5.74) is 2.06. The number of carbonyl (C=O) groups is 1. The van der Waals surface area contributed by atoms with Crippen molar-refractivity contribution in [2.24, 2.45) is 0 Å². The molecule has 0 aliphatic carbocycles. The van der Waals surface area contributed by atoms with Gasteiger partial charge in [-0.15, -0.1) is 0 Å². The fraction of sp³-hybridized carbons (Fsp3) is 0.286. The van der Waals surface area contributed by atoms with Gasteiger partial charge in [0.15, 0.2) is 0 Å². The number of piperazine rings is 1. The zero-order chi connectivity index (χ0) is 20.6. The van der Waals surface area contributed by atoms with Gasteiger partial charge in [-0.3, -0.25) is 4.79 Å². The number of hydrogen-bond acceptors (Lipinski definition) is 3. The van der Waals surface area contributed by atoms with Crippen LogP contribution < -0.4 is 0 Å². The number of para-hydroxylation sites is 1. The Balaban J connectivity index is 1.44. The lowest BCUT2D eigenvalue weighted by atomic mass is 10.2. The van der Waals surface area contributed by atoms with Crippen LogP contribution in [0.4, 0.5) is 0 Å². The minimum absolute atomic E-state index is 0.00532. The summed E-state index contributed by atoms with van der Waals surface area (Å²) in [6.45, 7) is 3.52. The highest BCUT2D eigenvalue weighted by Crippen LogP contribution is 2.22. The van der Waals surface area contributed by atoms with Crippen LogP contribution in [0.3, 0.4) is 0 Å². The molecule has 1 aliphatic heterocycles. The molecule has 4 rings (SSSR count). The number of carbonyl (C=O) groups excluding carboxylic acids is 1. The molecule has 0 saturated carbocycles. The van der Waals surface area contributed by atoms with Gasteiger partial charge in [-0.25, -0.2) is 8.42 Å². The molecule has 0 radical (unpaired) electrons. The second-order valence-electron chi connectivity index (χ2n) is 7.17. The van der Waals surface area contributed by atoms with E-state index in [1.165, 1.54) is 10.4 Å². The highest BCUT2D eigenvalue weighted by atomic mass is 35.5. The smallest absolute Gasteiger partial charge is 0.243 e. The molecule has 6 nitrogen and oxygen atoms in total. The Labute approximate surface area is 175 Å². The van der Waals surface area contributed by atoms with Crippen molar-refractivity contribution in [3.8, 4) is 0 Å². The van der Waals surface area contributed by atoms with Crippen LogP contribution in [0.2, 0.25) is 5.02 Å². The quantitative estimate of drug-likeness (QED) is 0.637. The zero-order valence-electron chi connectivity index (χ0n) is 16.1. The number of halogens is 1. The molecule has 0 atom stereocenters. The summed E-state index contributed by atoms with van der Waals surface area (Å²) in [7, 11) is -3.61. The Bertz CT molecular complexity index is 1160. The Morgan fingerprint density at radius 2 is 1.72 bits per heavy atom. The van der Waals surface area contributed by atoms with Gasteiger partial charge in [0, 0.05) is 42.4 Å². The molecule has 1 amide bonds. The van der Waals surface area contributed by atoms with Crippen LogP contribution >= 0.6 is 11.6 Å². The van der Waals surface area contributed by atoms with Gasteiger partial charge in [0.05, 0.1) is 4.90 Å². The lowest BCUT2D eigenvalue weighted by Crippen LogP contribution is -2.51. The van der Waals surface area contributed by atoms with Crippen molar-refractivity contribution >= 4 is 38.4 Å². The van der Waals surface area contributed by atoms with Crippen LogP contribution in [0.1, 0.15) is 5.69 Å². The number of sulfonamides is 1. The fourth-order valence-electron chi connectivity index (χ4n) is 3.75. The molecular formula is C21H22ClN3O3S. The topological polar surface area (TPSA) is 62.6 Å². The van der Waals surface area contributed by atoms with Crippen molar-refractivity contribution in [3.05, 3.63) is 65.3 Å². The molecule has 3 aromatic rings. The molecule has 29 heavy (non-hydrogen) atoms. The van der Waals surface area contributed by atoms with E-state index in [9.17, 15) is 13.2 Å². The van der Waals surface area contributed by atoms with Gasteiger partial charge >= 0.3 is 0 Å². The van der Waals surface area contributed by atoms with Gasteiger partial charge in [-0.2, -0.15) is 4.31 Å². The summed E-state index contributed by atoms with van der Waals surface area (Å²) in [4.78, 5) is 14.8. The Kier molecular flexibility index (Phi) is 5.38. The third kappa shape index (κ3) is 3.90. The molecule has 0 unspecified atom stereocenters. The minimum atomic E-state index is -3.61. The van der Waals surface area contributed by atoms with Crippen LogP contribution in [-0.2, 0) is 21.4 Å². The zero-order valence-corrected chi connectivity index (χ0v) is 17.7. The number of hydrogen-bond donors (Lipinski definition) is 0. The second-order valence-corrected chi connectivity index (χ2v) is 9.55. The first-order valence-corrected chi connectivity index (χ1v) is 11.3. The molecule has 2 heterocycles. The number of benzene rings is 2. The number of fused-ring (bicyclic) bond motifs is 1. The van der Waals surface area contributed by atoms with Crippen molar-refractivity contribution in [1.82, 2.24) is 13.8 Å². The van der Waals surface area contributed by atoms with Gasteiger partial charge < -0.3 is 9.47 Å². The van der Waals surface area contributed by atoms with E-state index in [0.717, 1.165) is 16.6 Å². The predicted molar refractivity (Wildman–Crippen MR) is 113 cm³/mol. The van der Waals surface area contributed by atoms with E-state index in [2.05, 4.69) is 6.07 Å². The molecule has 8 heteroatoms. The van der Waals surface area contributed by atoms with Crippen molar-refractivity contribution in [2.75, 3.05) is 26.2 Å². The normalized spacial score (nSPS) is 15.7. The van der Waals surface area contributed by atoms with Crippen LogP contribution in [0.5, 0.6) is 0 Å². The van der Waals surface area contributed by atoms with Gasteiger partial charge in [-0.1, -0.05) is 35.9 Å². The lowest BCUT2D eigenvalue weighted by Gasteiger charge is -2.34. The van der Waals surface area contributed by atoms with Gasteiger partial charge in [0.25, 0.3) is 0 Å². The Morgan fingerprint density at radius 3 is 2.45 bits per heavy atom. The molecule has 1 aliphatic rings. The van der Waals surface area contributed by atoms with E-state index in [4.69, 9.17) is 11.6 Å². The monoisotopic (exact) mass is 431 g/mol. The maximum atomic E-state index is 12.9. The summed E-state index contributed by atoms with van der Waals surface area (Å²) in [5.74, 6) is -0.00532. The molecular weight excluding hydrogens is 410 g/mol. The fourth-order valence-corrected chi connectivity index (χ4v) is 5.47. The Hall–Kier alpha value is -2.35. The summed E-state index contributed by atoms with van der Waals surface area (Å²) in [5, 5.41) is 1.49. The third-order valence-corrected chi connectivity index (χ3v) is 7.47. The number of rotatable bonds is 4. The van der Waals surface area contributed by atoms with Crippen LogP contribution in [-0.4, -0.2) is 54.3 Å². The molecule has 152 valence electrons. The summed E-state index contributed by atoms with van der Waals surface area (Å²) in [6.07, 6.45) is 0. The van der Waals surface area contributed by atoms with Crippen LogP contribution in [0, 0.1) is 6.92 Å². The summed E-state index contributed by atoms with van der Waals surface area (Å²) >= 11 is 5.94. The molecule has 0 N–H and O–H groups in total.